The lowest BCUT2D eigenvalue weighted by Gasteiger charge is -2.10. The number of benzene rings is 1. The summed E-state index contributed by atoms with van der Waals surface area (Å²) in [5.41, 5.74) is -1.24. The predicted octanol–water partition coefficient (Wildman–Crippen LogP) is -0.0479. The summed E-state index contributed by atoms with van der Waals surface area (Å²) < 4.78 is 25.8. The molecule has 20 heavy (non-hydrogen) atoms. The lowest BCUT2D eigenvalue weighted by Crippen LogP contribution is -2.31. The molecule has 0 amide bonds. The summed E-state index contributed by atoms with van der Waals surface area (Å²) in [6.45, 7) is 1.04. The highest BCUT2D eigenvalue weighted by atomic mass is 32.2. The third kappa shape index (κ3) is 3.73. The van der Waals surface area contributed by atoms with Crippen molar-refractivity contribution in [2.75, 3.05) is 6.54 Å². The second-order valence-electron chi connectivity index (χ2n) is 3.94. The molecule has 0 spiro atoms. The van der Waals surface area contributed by atoms with E-state index in [0.29, 0.717) is 6.07 Å². The molecule has 0 saturated carbocycles. The van der Waals surface area contributed by atoms with E-state index in [1.807, 2.05) is 4.72 Å². The molecule has 0 aromatic heterocycles. The van der Waals surface area contributed by atoms with Crippen molar-refractivity contribution in [1.29, 1.82) is 0 Å². The van der Waals surface area contributed by atoms with Crippen LogP contribution in [0, 0.1) is 10.1 Å². The van der Waals surface area contributed by atoms with E-state index in [0.717, 1.165) is 12.1 Å². The Morgan fingerprint density at radius 2 is 2.10 bits per heavy atom. The first-order valence-corrected chi connectivity index (χ1v) is 6.83. The molecule has 0 unspecified atom stereocenters. The molecule has 3 N–H and O–H groups in total. The number of hydrogen-bond acceptors (Lipinski definition) is 6. The number of nitro groups is 1. The third-order valence-corrected chi connectivity index (χ3v) is 3.74. The molecule has 0 aliphatic rings. The van der Waals surface area contributed by atoms with Crippen molar-refractivity contribution in [1.82, 2.24) is 4.72 Å². The maximum Gasteiger partial charge on any atom is 0.337 e. The number of nitro benzene ring substituents is 1. The number of hydrogen-bond donors (Lipinski definition) is 3. The van der Waals surface area contributed by atoms with Gasteiger partial charge in [0.15, 0.2) is 0 Å². The van der Waals surface area contributed by atoms with Gasteiger partial charge < -0.3 is 10.2 Å². The fraction of sp³-hybridized carbons (Fsp3) is 0.300. The Morgan fingerprint density at radius 3 is 2.55 bits per heavy atom. The molecule has 0 bridgehead atoms. The average Bonchev–Trinajstić information content (AvgIpc) is 2.35. The van der Waals surface area contributed by atoms with Crippen molar-refractivity contribution in [3.05, 3.63) is 33.9 Å². The minimum atomic E-state index is -4.19. The molecule has 1 aromatic carbocycles. The second-order valence-corrected chi connectivity index (χ2v) is 5.68. The van der Waals surface area contributed by atoms with Crippen LogP contribution < -0.4 is 4.72 Å². The predicted molar refractivity (Wildman–Crippen MR) is 66.9 cm³/mol. The lowest BCUT2D eigenvalue weighted by atomic mass is 10.2. The van der Waals surface area contributed by atoms with Gasteiger partial charge in [0.1, 0.15) is 0 Å². The molecule has 0 fully saturated rings. The van der Waals surface area contributed by atoms with Crippen LogP contribution in [0.5, 0.6) is 0 Å². The van der Waals surface area contributed by atoms with Crippen molar-refractivity contribution in [2.24, 2.45) is 0 Å². The van der Waals surface area contributed by atoms with Gasteiger partial charge in [-0.1, -0.05) is 0 Å². The molecule has 0 saturated heterocycles. The van der Waals surface area contributed by atoms with Crippen LogP contribution in [0.1, 0.15) is 17.3 Å². The van der Waals surface area contributed by atoms with Crippen molar-refractivity contribution < 1.29 is 28.3 Å². The zero-order valence-electron chi connectivity index (χ0n) is 10.3. The smallest absolute Gasteiger partial charge is 0.337 e. The van der Waals surface area contributed by atoms with Crippen LogP contribution in [-0.4, -0.2) is 42.2 Å². The van der Waals surface area contributed by atoms with Gasteiger partial charge in [0.05, 0.1) is 21.5 Å². The van der Waals surface area contributed by atoms with Gasteiger partial charge in [-0.2, -0.15) is 0 Å². The van der Waals surface area contributed by atoms with Gasteiger partial charge >= 0.3 is 5.97 Å². The number of nitrogens with zero attached hydrogens (tertiary/aromatic N) is 1. The Morgan fingerprint density at radius 1 is 1.50 bits per heavy atom. The number of carbonyl (C=O) groups is 1. The molecule has 0 aliphatic heterocycles. The third-order valence-electron chi connectivity index (χ3n) is 2.26. The zero-order chi connectivity index (χ0) is 15.5. The summed E-state index contributed by atoms with van der Waals surface area (Å²) in [7, 11) is -4.19. The molecule has 0 heterocycles. The van der Waals surface area contributed by atoms with Gasteiger partial charge in [-0.15, -0.1) is 0 Å². The highest BCUT2D eigenvalue weighted by molar-refractivity contribution is 7.89. The van der Waals surface area contributed by atoms with E-state index in [-0.39, 0.29) is 6.54 Å². The number of rotatable bonds is 6. The lowest BCUT2D eigenvalue weighted by molar-refractivity contribution is -0.384. The number of aromatic carboxylic acids is 1. The highest BCUT2D eigenvalue weighted by Gasteiger charge is 2.25. The molecule has 1 rings (SSSR count). The van der Waals surface area contributed by atoms with E-state index in [1.54, 1.807) is 0 Å². The Hall–Kier alpha value is -2.04. The van der Waals surface area contributed by atoms with Crippen molar-refractivity contribution in [2.45, 2.75) is 17.9 Å². The summed E-state index contributed by atoms with van der Waals surface area (Å²) in [5, 5.41) is 28.5. The van der Waals surface area contributed by atoms with Crippen molar-refractivity contribution in [3.63, 3.8) is 0 Å². The van der Waals surface area contributed by atoms with E-state index in [4.69, 9.17) is 10.2 Å². The fourth-order valence-corrected chi connectivity index (χ4v) is 2.64. The highest BCUT2D eigenvalue weighted by Crippen LogP contribution is 2.21. The Kier molecular flexibility index (Phi) is 4.76. The summed E-state index contributed by atoms with van der Waals surface area (Å²) in [5.74, 6) is -1.61. The summed E-state index contributed by atoms with van der Waals surface area (Å²) in [6, 6.07) is 2.40. The number of non-ortho nitro benzene ring substituents is 1. The van der Waals surface area contributed by atoms with Crippen LogP contribution in [0.2, 0.25) is 0 Å². The summed E-state index contributed by atoms with van der Waals surface area (Å²) >= 11 is 0. The van der Waals surface area contributed by atoms with Crippen LogP contribution >= 0.6 is 0 Å². The van der Waals surface area contributed by atoms with Crippen molar-refractivity contribution >= 4 is 21.7 Å². The van der Waals surface area contributed by atoms with Crippen LogP contribution in [-0.2, 0) is 10.0 Å². The Balaban J connectivity index is 3.30. The fourth-order valence-electron chi connectivity index (χ4n) is 1.34. The van der Waals surface area contributed by atoms with E-state index in [9.17, 15) is 23.3 Å². The Bertz CT molecular complexity index is 639. The first kappa shape index (κ1) is 16.0. The second kappa shape index (κ2) is 5.94. The SMILES string of the molecule is C[C@@H](O)CNS(=O)(=O)c1ccc([N+](=O)[O-])cc1C(=O)O. The van der Waals surface area contributed by atoms with Gasteiger partial charge in [0, 0.05) is 18.7 Å². The van der Waals surface area contributed by atoms with Gasteiger partial charge in [0.2, 0.25) is 10.0 Å². The summed E-state index contributed by atoms with van der Waals surface area (Å²) in [4.78, 5) is 20.2. The number of aliphatic hydroxyl groups is 1. The van der Waals surface area contributed by atoms with Crippen LogP contribution in [0.25, 0.3) is 0 Å². The number of sulfonamides is 1. The number of carboxylic acids is 1. The molecule has 9 nitrogen and oxygen atoms in total. The van der Waals surface area contributed by atoms with Gasteiger partial charge in [-0.05, 0) is 13.0 Å². The molecule has 0 radical (unpaired) electrons. The maximum absolute atomic E-state index is 11.9. The molecule has 1 atom stereocenters. The normalized spacial score (nSPS) is 12.9. The van der Waals surface area contributed by atoms with Gasteiger partial charge in [0.25, 0.3) is 5.69 Å². The minimum absolute atomic E-state index is 0.307. The van der Waals surface area contributed by atoms with E-state index in [1.165, 1.54) is 6.92 Å². The topological polar surface area (TPSA) is 147 Å². The maximum atomic E-state index is 11.9. The standard InChI is InChI=1S/C10H12N2O7S/c1-6(13)5-11-20(18,19)9-3-2-7(12(16)17)4-8(9)10(14)15/h2-4,6,11,13H,5H2,1H3,(H,14,15)/t6-/m1/s1. The first-order chi connectivity index (χ1) is 9.15. The Labute approximate surface area is 114 Å². The molecule has 110 valence electrons. The van der Waals surface area contributed by atoms with E-state index < -0.39 is 43.2 Å². The first-order valence-electron chi connectivity index (χ1n) is 5.34. The molecule has 10 heteroatoms. The average molecular weight is 304 g/mol. The summed E-state index contributed by atoms with van der Waals surface area (Å²) in [6.07, 6.45) is -0.962. The minimum Gasteiger partial charge on any atom is -0.478 e. The van der Waals surface area contributed by atoms with Crippen molar-refractivity contribution in [3.8, 4) is 0 Å². The van der Waals surface area contributed by atoms with Gasteiger partial charge in [-0.3, -0.25) is 10.1 Å². The largest absolute Gasteiger partial charge is 0.478 e. The quantitative estimate of drug-likeness (QED) is 0.493. The molecule has 1 aromatic rings. The van der Waals surface area contributed by atoms with E-state index >= 15 is 0 Å². The monoisotopic (exact) mass is 304 g/mol. The molecular formula is C10H12N2O7S. The van der Waals surface area contributed by atoms with E-state index in [2.05, 4.69) is 0 Å². The van der Waals surface area contributed by atoms with Crippen LogP contribution in [0.3, 0.4) is 0 Å². The molecule has 0 aliphatic carbocycles. The zero-order valence-corrected chi connectivity index (χ0v) is 11.1. The molecular weight excluding hydrogens is 292 g/mol. The van der Waals surface area contributed by atoms with Crippen LogP contribution in [0.15, 0.2) is 23.1 Å². The number of nitrogens with one attached hydrogen (secondary N) is 1. The number of aliphatic hydroxyl groups excluding tert-OH is 1. The number of carboxylic acid groups (broad SMARTS) is 1. The van der Waals surface area contributed by atoms with Crippen LogP contribution in [0.4, 0.5) is 5.69 Å². The van der Waals surface area contributed by atoms with Gasteiger partial charge in [-0.25, -0.2) is 17.9 Å².